The summed E-state index contributed by atoms with van der Waals surface area (Å²) in [5.41, 5.74) is 1.97. The number of rotatable bonds is 4. The van der Waals surface area contributed by atoms with Gasteiger partial charge in [-0.25, -0.2) is 13.9 Å². The molecule has 1 aromatic heterocycles. The van der Waals surface area contributed by atoms with Crippen LogP contribution in [0.3, 0.4) is 0 Å². The molecule has 47 heavy (non-hydrogen) atoms. The van der Waals surface area contributed by atoms with Crippen molar-refractivity contribution in [1.82, 2.24) is 30.1 Å². The number of piperidine rings is 1. The van der Waals surface area contributed by atoms with E-state index >= 15 is 4.39 Å². The average Bonchev–Trinajstić information content (AvgIpc) is 3.48. The number of ether oxygens (including phenoxy) is 2. The predicted molar refractivity (Wildman–Crippen MR) is 174 cm³/mol. The lowest BCUT2D eigenvalue weighted by atomic mass is 9.91. The van der Waals surface area contributed by atoms with Gasteiger partial charge in [0.1, 0.15) is 17.7 Å². The lowest BCUT2D eigenvalue weighted by Crippen LogP contribution is -2.47. The van der Waals surface area contributed by atoms with Gasteiger partial charge in [0.2, 0.25) is 5.91 Å². The van der Waals surface area contributed by atoms with Crippen LogP contribution in [0.4, 0.5) is 9.18 Å². The molecular weight excluding hydrogens is 607 g/mol. The topological polar surface area (TPSA) is 139 Å². The molecule has 1 aromatic carbocycles. The van der Waals surface area contributed by atoms with Crippen molar-refractivity contribution < 1.29 is 33.4 Å². The van der Waals surface area contributed by atoms with Crippen molar-refractivity contribution in [2.45, 2.75) is 84.2 Å². The number of amides is 2. The number of carbonyl (C=O) groups is 3. The van der Waals surface area contributed by atoms with Crippen LogP contribution in [0, 0.1) is 17.7 Å². The maximum Gasteiger partial charge on any atom is 0.410 e. The summed E-state index contributed by atoms with van der Waals surface area (Å²) in [5.74, 6) is -1.41. The number of hydrogen-bond donors (Lipinski definition) is 2. The van der Waals surface area contributed by atoms with Gasteiger partial charge in [-0.05, 0) is 67.9 Å². The molecule has 5 atom stereocenters. The zero-order valence-corrected chi connectivity index (χ0v) is 27.7. The molecule has 3 aliphatic heterocycles. The molecule has 2 aromatic rings. The lowest BCUT2D eigenvalue weighted by molar-refractivity contribution is -0.151. The summed E-state index contributed by atoms with van der Waals surface area (Å²) in [4.78, 5) is 41.2. The number of fused-ring (bicyclic) bond motifs is 1. The number of likely N-dealkylation sites (tertiary alicyclic amines) is 1. The van der Waals surface area contributed by atoms with E-state index in [1.54, 1.807) is 27.5 Å². The molecule has 12 nitrogen and oxygen atoms in total. The van der Waals surface area contributed by atoms with E-state index in [0.29, 0.717) is 81.6 Å². The van der Waals surface area contributed by atoms with Crippen molar-refractivity contribution in [2.75, 3.05) is 39.3 Å². The van der Waals surface area contributed by atoms with Crippen LogP contribution in [0.25, 0.3) is 17.1 Å². The third-order valence-corrected chi connectivity index (χ3v) is 9.52. The Kier molecular flexibility index (Phi) is 11.3. The van der Waals surface area contributed by atoms with E-state index in [2.05, 4.69) is 15.6 Å². The van der Waals surface area contributed by atoms with E-state index in [4.69, 9.17) is 9.47 Å². The van der Waals surface area contributed by atoms with Gasteiger partial charge in [-0.2, -0.15) is 0 Å². The highest BCUT2D eigenvalue weighted by atomic mass is 19.1. The largest absolute Gasteiger partial charge is 0.457 e. The molecule has 2 fully saturated rings. The standard InChI is InChI=1S/C34H47FN6O6/c1-21-5-7-27(43)20-31(44)47-33(22(2)6-8-30(21)46-34(45)40-15-11-36-12-16-40)23(3)17-25-18-28(35)32-29(19-25)41(38-37-32)26-9-13-39(14-10-26)24(4)42/h6,8,17-19,21-22,26-27,30,33,36,43H,5,7,9-16,20H2,1-4H3/b8-6+,23-17+/t21-,22-,27+,30-,33-/m0/s1. The number of nitrogens with zero attached hydrogens (tertiary/aromatic N) is 5. The predicted octanol–water partition coefficient (Wildman–Crippen LogP) is 3.85. The molecule has 2 amide bonds. The Morgan fingerprint density at radius 3 is 2.47 bits per heavy atom. The Morgan fingerprint density at radius 1 is 1.04 bits per heavy atom. The van der Waals surface area contributed by atoms with Gasteiger partial charge >= 0.3 is 12.1 Å². The third kappa shape index (κ3) is 8.55. The van der Waals surface area contributed by atoms with Crippen molar-refractivity contribution in [2.24, 2.45) is 11.8 Å². The van der Waals surface area contributed by atoms with Crippen LogP contribution in [0.15, 0.2) is 29.9 Å². The molecule has 0 spiro atoms. The fourth-order valence-electron chi connectivity index (χ4n) is 6.63. The summed E-state index contributed by atoms with van der Waals surface area (Å²) < 4.78 is 29.0. The Morgan fingerprint density at radius 2 is 1.77 bits per heavy atom. The number of aromatic nitrogens is 3. The molecule has 2 saturated heterocycles. The fourth-order valence-corrected chi connectivity index (χ4v) is 6.63. The van der Waals surface area contributed by atoms with Gasteiger partial charge in [0, 0.05) is 52.1 Å². The van der Waals surface area contributed by atoms with Crippen LogP contribution < -0.4 is 5.32 Å². The van der Waals surface area contributed by atoms with Gasteiger partial charge in [0.05, 0.1) is 24.1 Å². The summed E-state index contributed by atoms with van der Waals surface area (Å²) >= 11 is 0. The van der Waals surface area contributed by atoms with E-state index in [1.807, 2.05) is 39.0 Å². The summed E-state index contributed by atoms with van der Waals surface area (Å²) in [5, 5.41) is 22.2. The first-order valence-electron chi connectivity index (χ1n) is 16.7. The van der Waals surface area contributed by atoms with E-state index < -0.39 is 30.1 Å². The molecule has 0 bridgehead atoms. The minimum Gasteiger partial charge on any atom is -0.457 e. The number of benzene rings is 1. The van der Waals surface area contributed by atoms with Crippen molar-refractivity contribution in [3.05, 3.63) is 41.2 Å². The molecule has 0 unspecified atom stereocenters. The second-order valence-corrected chi connectivity index (χ2v) is 13.2. The second kappa shape index (κ2) is 15.4. The summed E-state index contributed by atoms with van der Waals surface area (Å²) in [6.07, 6.45) is 5.15. The highest BCUT2D eigenvalue weighted by Gasteiger charge is 2.29. The van der Waals surface area contributed by atoms with Crippen molar-refractivity contribution >= 4 is 35.1 Å². The molecule has 2 N–H and O–H groups in total. The van der Waals surface area contributed by atoms with Crippen LogP contribution in [0.2, 0.25) is 0 Å². The molecule has 0 aliphatic carbocycles. The number of piperazine rings is 1. The van der Waals surface area contributed by atoms with Gasteiger partial charge in [-0.1, -0.05) is 31.2 Å². The van der Waals surface area contributed by atoms with Crippen LogP contribution >= 0.6 is 0 Å². The molecule has 5 rings (SSSR count). The van der Waals surface area contributed by atoms with Gasteiger partial charge in [-0.3, -0.25) is 9.59 Å². The molecule has 0 saturated carbocycles. The molecule has 0 radical (unpaired) electrons. The van der Waals surface area contributed by atoms with E-state index in [0.717, 1.165) is 0 Å². The van der Waals surface area contributed by atoms with E-state index in [1.165, 1.54) is 6.07 Å². The summed E-state index contributed by atoms with van der Waals surface area (Å²) in [7, 11) is 0. The number of nitrogens with one attached hydrogen (secondary N) is 1. The van der Waals surface area contributed by atoms with Crippen molar-refractivity contribution in [1.29, 1.82) is 0 Å². The quantitative estimate of drug-likeness (QED) is 0.372. The second-order valence-electron chi connectivity index (χ2n) is 13.2. The molecule has 4 heterocycles. The normalized spacial score (nSPS) is 27.9. The Labute approximate surface area is 274 Å². The van der Waals surface area contributed by atoms with E-state index in [9.17, 15) is 19.5 Å². The van der Waals surface area contributed by atoms with Crippen LogP contribution in [-0.2, 0) is 19.1 Å². The minimum absolute atomic E-state index is 0.0183. The average molecular weight is 655 g/mol. The Hall–Kier alpha value is -3.84. The van der Waals surface area contributed by atoms with Crippen molar-refractivity contribution in [3.8, 4) is 0 Å². The van der Waals surface area contributed by atoms with Gasteiger partial charge in [0.25, 0.3) is 0 Å². The van der Waals surface area contributed by atoms with Gasteiger partial charge < -0.3 is 29.7 Å². The number of cyclic esters (lactones) is 1. The number of carbonyl (C=O) groups excluding carboxylic acids is 3. The Bertz CT molecular complexity index is 1500. The van der Waals surface area contributed by atoms with Crippen LogP contribution in [0.1, 0.15) is 71.4 Å². The number of esters is 1. The lowest BCUT2D eigenvalue weighted by Gasteiger charge is -2.31. The monoisotopic (exact) mass is 654 g/mol. The van der Waals surface area contributed by atoms with E-state index in [-0.39, 0.29) is 41.8 Å². The summed E-state index contributed by atoms with van der Waals surface area (Å²) in [6, 6.07) is 3.20. The first kappa shape index (κ1) is 34.5. The molecule has 3 aliphatic rings. The third-order valence-electron chi connectivity index (χ3n) is 9.52. The van der Waals surface area contributed by atoms with Crippen LogP contribution in [-0.4, -0.2) is 105 Å². The first-order chi connectivity index (χ1) is 22.5. The minimum atomic E-state index is -0.898. The van der Waals surface area contributed by atoms with Gasteiger partial charge in [0.15, 0.2) is 5.82 Å². The van der Waals surface area contributed by atoms with Crippen molar-refractivity contribution in [3.63, 3.8) is 0 Å². The zero-order valence-electron chi connectivity index (χ0n) is 27.7. The molecule has 256 valence electrons. The fraction of sp³-hybridized carbons (Fsp3) is 0.618. The highest BCUT2D eigenvalue weighted by molar-refractivity contribution is 5.79. The van der Waals surface area contributed by atoms with Gasteiger partial charge in [-0.15, -0.1) is 5.10 Å². The maximum atomic E-state index is 15.3. The SMILES string of the molecule is CC(=O)N1CCC(n2nnc3c(F)cc(/C=C(\C)[C@H]4OC(=O)C[C@H](O)CC[C@H](C)[C@@H](OC(=O)N5CCNCC5)/C=C/[C@@H]4C)cc32)CC1. The number of aliphatic hydroxyl groups excluding tert-OH is 1. The maximum absolute atomic E-state index is 15.3. The first-order valence-corrected chi connectivity index (χ1v) is 16.7. The number of aliphatic hydroxyl groups is 1. The number of halogens is 1. The molecular formula is C34H47FN6O6. The molecule has 13 heteroatoms. The zero-order chi connectivity index (χ0) is 33.7. The number of hydrogen-bond acceptors (Lipinski definition) is 9. The van der Waals surface area contributed by atoms with Crippen LogP contribution in [0.5, 0.6) is 0 Å². The highest BCUT2D eigenvalue weighted by Crippen LogP contribution is 2.30. The Balaban J connectivity index is 1.40. The smallest absolute Gasteiger partial charge is 0.410 e. The summed E-state index contributed by atoms with van der Waals surface area (Å²) in [6.45, 7) is 11.0.